The highest BCUT2D eigenvalue weighted by molar-refractivity contribution is 5.88. The van der Waals surface area contributed by atoms with E-state index < -0.39 is 0 Å². The zero-order valence-electron chi connectivity index (χ0n) is 18.7. The summed E-state index contributed by atoms with van der Waals surface area (Å²) in [7, 11) is 0. The number of nitrogens with zero attached hydrogens (tertiary/aromatic N) is 6. The molecule has 2 saturated heterocycles. The zero-order valence-corrected chi connectivity index (χ0v) is 18.7. The van der Waals surface area contributed by atoms with E-state index in [1.54, 1.807) is 0 Å². The van der Waals surface area contributed by atoms with E-state index in [1.807, 2.05) is 19.2 Å². The predicted octanol–water partition coefficient (Wildman–Crippen LogP) is 2.47. The second kappa shape index (κ2) is 7.38. The fraction of sp³-hybridized carbons (Fsp3) is 0.565. The summed E-state index contributed by atoms with van der Waals surface area (Å²) in [4.78, 5) is 19.0. The number of H-pyrrole nitrogens is 1. The predicted molar refractivity (Wildman–Crippen MR) is 123 cm³/mol. The molecule has 2 fully saturated rings. The Morgan fingerprint density at radius 3 is 2.81 bits per heavy atom. The lowest BCUT2D eigenvalue weighted by atomic mass is 9.73. The molecule has 1 spiro atoms. The van der Waals surface area contributed by atoms with E-state index in [9.17, 15) is 0 Å². The normalized spacial score (nSPS) is 25.0. The Balaban J connectivity index is 1.29. The number of ether oxygens (including phenoxy) is 1. The van der Waals surface area contributed by atoms with Gasteiger partial charge in [-0.25, -0.2) is 9.97 Å². The van der Waals surface area contributed by atoms with Crippen molar-refractivity contribution in [3.05, 3.63) is 29.7 Å². The lowest BCUT2D eigenvalue weighted by Crippen LogP contribution is -2.50. The first-order valence-corrected chi connectivity index (χ1v) is 11.6. The van der Waals surface area contributed by atoms with E-state index in [4.69, 9.17) is 20.4 Å². The first kappa shape index (κ1) is 19.9. The van der Waals surface area contributed by atoms with E-state index in [0.717, 1.165) is 91.8 Å². The number of aryl methyl sites for hydroxylation is 2. The lowest BCUT2D eigenvalue weighted by Gasteiger charge is -2.41. The van der Waals surface area contributed by atoms with Crippen molar-refractivity contribution in [2.45, 2.75) is 51.7 Å². The molecule has 32 heavy (non-hydrogen) atoms. The number of piperidine rings is 1. The molecule has 3 aliphatic heterocycles. The quantitative estimate of drug-likeness (QED) is 0.633. The Hall–Kier alpha value is -2.78. The van der Waals surface area contributed by atoms with E-state index in [1.165, 1.54) is 0 Å². The van der Waals surface area contributed by atoms with Crippen molar-refractivity contribution in [1.29, 1.82) is 0 Å². The maximum Gasteiger partial charge on any atom is 0.183 e. The molecular weight excluding hydrogens is 404 g/mol. The minimum absolute atomic E-state index is 0.0954. The van der Waals surface area contributed by atoms with Crippen molar-refractivity contribution in [2.24, 2.45) is 11.1 Å². The SMILES string of the molecule is Cc1nc2c(N3CCCc4ncccc43)n[nH]c2nc1N1CCC2(CC1)CO[C@@H](C)[C@H]2N. The van der Waals surface area contributed by atoms with Crippen molar-refractivity contribution < 1.29 is 4.74 Å². The van der Waals surface area contributed by atoms with Crippen molar-refractivity contribution >= 4 is 28.5 Å². The molecule has 3 aromatic heterocycles. The fourth-order valence-electron chi connectivity index (χ4n) is 5.64. The highest BCUT2D eigenvalue weighted by Crippen LogP contribution is 2.42. The highest BCUT2D eigenvalue weighted by Gasteiger charge is 2.47. The number of nitrogens with two attached hydrogens (primary N) is 1. The van der Waals surface area contributed by atoms with Gasteiger partial charge in [0.1, 0.15) is 0 Å². The van der Waals surface area contributed by atoms with Crippen molar-refractivity contribution in [1.82, 2.24) is 25.1 Å². The van der Waals surface area contributed by atoms with Crippen LogP contribution in [-0.2, 0) is 11.2 Å². The Morgan fingerprint density at radius 2 is 2.03 bits per heavy atom. The molecule has 3 aromatic rings. The Morgan fingerprint density at radius 1 is 1.19 bits per heavy atom. The Labute approximate surface area is 187 Å². The van der Waals surface area contributed by atoms with Gasteiger partial charge in [0.2, 0.25) is 0 Å². The molecule has 0 bridgehead atoms. The molecule has 0 amide bonds. The second-order valence-electron chi connectivity index (χ2n) is 9.49. The van der Waals surface area contributed by atoms with E-state index >= 15 is 0 Å². The number of fused-ring (bicyclic) bond motifs is 2. The topological polar surface area (TPSA) is 109 Å². The Kier molecular flexibility index (Phi) is 4.58. The number of aromatic amines is 1. The molecule has 0 aromatic carbocycles. The molecule has 6 heterocycles. The third-order valence-electron chi connectivity index (χ3n) is 7.64. The minimum Gasteiger partial charge on any atom is -0.376 e. The van der Waals surface area contributed by atoms with Crippen LogP contribution in [0.15, 0.2) is 18.3 Å². The van der Waals surface area contributed by atoms with Gasteiger partial charge in [0.15, 0.2) is 22.8 Å². The fourth-order valence-corrected chi connectivity index (χ4v) is 5.64. The maximum absolute atomic E-state index is 6.49. The van der Waals surface area contributed by atoms with Gasteiger partial charge >= 0.3 is 0 Å². The largest absolute Gasteiger partial charge is 0.376 e. The van der Waals surface area contributed by atoms with E-state index in [2.05, 4.69) is 38.0 Å². The molecule has 0 saturated carbocycles. The van der Waals surface area contributed by atoms with Crippen LogP contribution in [0.3, 0.4) is 0 Å². The molecular formula is C23H30N8O. The molecule has 6 rings (SSSR count). The van der Waals surface area contributed by atoms with Crippen molar-refractivity contribution in [3.63, 3.8) is 0 Å². The van der Waals surface area contributed by atoms with E-state index in [-0.39, 0.29) is 17.6 Å². The van der Waals surface area contributed by atoms with Crippen LogP contribution in [0.1, 0.15) is 37.6 Å². The summed E-state index contributed by atoms with van der Waals surface area (Å²) >= 11 is 0. The highest BCUT2D eigenvalue weighted by atomic mass is 16.5. The number of pyridine rings is 1. The van der Waals surface area contributed by atoms with Crippen LogP contribution in [0.5, 0.6) is 0 Å². The number of aromatic nitrogens is 5. The summed E-state index contributed by atoms with van der Waals surface area (Å²) < 4.78 is 5.87. The molecule has 0 aliphatic carbocycles. The monoisotopic (exact) mass is 434 g/mol. The average Bonchev–Trinajstić information content (AvgIpc) is 3.35. The zero-order chi connectivity index (χ0) is 21.9. The molecule has 3 N–H and O–H groups in total. The van der Waals surface area contributed by atoms with Crippen molar-refractivity contribution in [3.8, 4) is 0 Å². The van der Waals surface area contributed by atoms with Crippen LogP contribution in [0.2, 0.25) is 0 Å². The molecule has 2 atom stereocenters. The smallest absolute Gasteiger partial charge is 0.183 e. The number of hydrogen-bond acceptors (Lipinski definition) is 8. The minimum atomic E-state index is 0.0954. The second-order valence-corrected chi connectivity index (χ2v) is 9.49. The molecule has 168 valence electrons. The van der Waals surface area contributed by atoms with Crippen LogP contribution in [0.4, 0.5) is 17.3 Å². The number of anilines is 3. The first-order valence-electron chi connectivity index (χ1n) is 11.6. The summed E-state index contributed by atoms with van der Waals surface area (Å²) in [6.45, 7) is 7.62. The molecule has 0 radical (unpaired) electrons. The number of hydrogen-bond donors (Lipinski definition) is 2. The summed E-state index contributed by atoms with van der Waals surface area (Å²) in [6, 6.07) is 4.20. The summed E-state index contributed by atoms with van der Waals surface area (Å²) in [6.07, 6.45) is 6.07. The number of rotatable bonds is 2. The molecule has 9 heteroatoms. The average molecular weight is 435 g/mol. The first-order chi connectivity index (χ1) is 15.6. The van der Waals surface area contributed by atoms with Gasteiger partial charge in [-0.05, 0) is 51.7 Å². The van der Waals surface area contributed by atoms with Crippen LogP contribution in [0, 0.1) is 12.3 Å². The third kappa shape index (κ3) is 2.98. The third-order valence-corrected chi connectivity index (χ3v) is 7.64. The van der Waals surface area contributed by atoms with Gasteiger partial charge in [0.25, 0.3) is 0 Å². The lowest BCUT2D eigenvalue weighted by molar-refractivity contribution is 0.0974. The Bertz CT molecular complexity index is 1150. The van der Waals surface area contributed by atoms with Crippen LogP contribution >= 0.6 is 0 Å². The van der Waals surface area contributed by atoms with Gasteiger partial charge in [0.05, 0.1) is 29.8 Å². The summed E-state index contributed by atoms with van der Waals surface area (Å²) in [5.41, 5.74) is 11.3. The molecule has 9 nitrogen and oxygen atoms in total. The number of nitrogens with one attached hydrogen (secondary N) is 1. The van der Waals surface area contributed by atoms with Crippen LogP contribution in [-0.4, -0.2) is 63.5 Å². The van der Waals surface area contributed by atoms with Gasteiger partial charge in [-0.3, -0.25) is 10.1 Å². The standard InChI is InChI=1S/C23H30N8O/c1-14-21(30-11-7-23(8-12-30)13-32-15(2)19(23)24)27-20-18(26-14)22(29-28-20)31-10-4-5-16-17(31)6-3-9-25-16/h3,6,9,15,19H,4-5,7-8,10-13,24H2,1-2H3,(H,27,28,29)/t15-,19+/m0/s1. The van der Waals surface area contributed by atoms with Gasteiger partial charge in [-0.2, -0.15) is 5.10 Å². The van der Waals surface area contributed by atoms with Crippen LogP contribution in [0.25, 0.3) is 11.2 Å². The van der Waals surface area contributed by atoms with E-state index in [0.29, 0.717) is 0 Å². The summed E-state index contributed by atoms with van der Waals surface area (Å²) in [5, 5.41) is 7.75. The van der Waals surface area contributed by atoms with Gasteiger partial charge in [-0.1, -0.05) is 0 Å². The van der Waals surface area contributed by atoms with Gasteiger partial charge < -0.3 is 20.3 Å². The van der Waals surface area contributed by atoms with Gasteiger partial charge in [0, 0.05) is 37.3 Å². The maximum atomic E-state index is 6.49. The molecule has 3 aliphatic rings. The van der Waals surface area contributed by atoms with Crippen molar-refractivity contribution in [2.75, 3.05) is 36.0 Å². The molecule has 0 unspecified atom stereocenters. The van der Waals surface area contributed by atoms with Gasteiger partial charge in [-0.15, -0.1) is 0 Å². The van der Waals surface area contributed by atoms with Crippen LogP contribution < -0.4 is 15.5 Å². The summed E-state index contributed by atoms with van der Waals surface area (Å²) in [5.74, 6) is 1.76.